The predicted molar refractivity (Wildman–Crippen MR) is 96.1 cm³/mol. The molecule has 144 valence electrons. The van der Waals surface area contributed by atoms with Crippen LogP contribution in [0, 0.1) is 0 Å². The molecule has 1 aromatic rings. The van der Waals surface area contributed by atoms with Gasteiger partial charge in [0.1, 0.15) is 0 Å². The van der Waals surface area contributed by atoms with Gasteiger partial charge in [0.15, 0.2) is 0 Å². The van der Waals surface area contributed by atoms with Crippen LogP contribution in [0.15, 0.2) is 28.7 Å². The number of aliphatic carboxylic acids is 2. The number of carboxylic acid groups (broad SMARTS) is 2. The fourth-order valence-electron chi connectivity index (χ4n) is 3.67. The van der Waals surface area contributed by atoms with E-state index in [1.165, 1.54) is 31.2 Å². The molecule has 3 atom stereocenters. The Morgan fingerprint density at radius 2 is 1.65 bits per heavy atom. The van der Waals surface area contributed by atoms with Gasteiger partial charge in [-0.05, 0) is 50.4 Å². The van der Waals surface area contributed by atoms with Crippen molar-refractivity contribution in [1.82, 2.24) is 4.90 Å². The zero-order valence-electron chi connectivity index (χ0n) is 15.0. The van der Waals surface area contributed by atoms with Crippen LogP contribution in [-0.2, 0) is 14.3 Å². The molecule has 3 rings (SSSR count). The highest BCUT2D eigenvalue weighted by Crippen LogP contribution is 2.35. The number of ether oxygens (including phenoxy) is 1. The molecule has 7 heteroatoms. The van der Waals surface area contributed by atoms with Crippen molar-refractivity contribution in [3.8, 4) is 0 Å². The molecule has 2 fully saturated rings. The highest BCUT2D eigenvalue weighted by Gasteiger charge is 2.38. The smallest absolute Gasteiger partial charge is 0.0870 e. The Labute approximate surface area is 162 Å². The maximum absolute atomic E-state index is 8.93. The molecule has 0 amide bonds. The van der Waals surface area contributed by atoms with Crippen molar-refractivity contribution in [2.75, 3.05) is 13.7 Å². The van der Waals surface area contributed by atoms with Gasteiger partial charge in [0, 0.05) is 22.5 Å². The number of hydrogen-bond donors (Lipinski definition) is 0. The maximum Gasteiger partial charge on any atom is 0.0870 e. The normalized spacial score (nSPS) is 25.9. The molecule has 2 bridgehead atoms. The van der Waals surface area contributed by atoms with Gasteiger partial charge < -0.3 is 29.4 Å². The fraction of sp³-hybridized carbons (Fsp3) is 0.579. The minimum Gasteiger partial charge on any atom is -0.543 e. The molecule has 3 unspecified atom stereocenters. The van der Waals surface area contributed by atoms with Gasteiger partial charge in [-0.1, -0.05) is 35.0 Å². The number of piperidine rings is 1. The Morgan fingerprint density at radius 1 is 1.15 bits per heavy atom. The zero-order valence-corrected chi connectivity index (χ0v) is 16.6. The Balaban J connectivity index is 0.000000352. The van der Waals surface area contributed by atoms with Gasteiger partial charge in [-0.2, -0.15) is 0 Å². The number of carbonyl (C=O) groups excluding carboxylic acids is 2. The third-order valence-electron chi connectivity index (χ3n) is 5.24. The molecule has 2 saturated heterocycles. The second kappa shape index (κ2) is 9.48. The van der Waals surface area contributed by atoms with Gasteiger partial charge in [0.2, 0.25) is 0 Å². The Kier molecular flexibility index (Phi) is 7.61. The number of nitrogens with zero attached hydrogens (tertiary/aromatic N) is 1. The van der Waals surface area contributed by atoms with Crippen LogP contribution < -0.4 is 10.2 Å². The molecule has 0 saturated carbocycles. The first-order chi connectivity index (χ1) is 12.3. The molecule has 0 aromatic heterocycles. The minimum atomic E-state index is -2.19. The van der Waals surface area contributed by atoms with Crippen molar-refractivity contribution >= 4 is 27.9 Å². The van der Waals surface area contributed by atoms with Crippen molar-refractivity contribution in [1.29, 1.82) is 0 Å². The summed E-state index contributed by atoms with van der Waals surface area (Å²) in [7, 11) is 2.28. The van der Waals surface area contributed by atoms with Gasteiger partial charge in [-0.25, -0.2) is 0 Å². The van der Waals surface area contributed by atoms with E-state index in [1.54, 1.807) is 0 Å². The van der Waals surface area contributed by atoms with E-state index in [2.05, 4.69) is 59.1 Å². The van der Waals surface area contributed by atoms with Crippen molar-refractivity contribution in [2.45, 2.75) is 56.7 Å². The molecule has 0 aliphatic carbocycles. The number of fused-ring (bicyclic) bond motifs is 2. The van der Waals surface area contributed by atoms with E-state index in [1.807, 2.05) is 0 Å². The topological polar surface area (TPSA) is 92.7 Å². The first-order valence-electron chi connectivity index (χ1n) is 8.79. The number of benzene rings is 1. The Bertz CT molecular complexity index is 595. The SMILES string of the molecule is CC(COC1CC2CCC(C1)N2C)c1ccc(Br)cc1.O=C([O-])C(=O)[O-]. The monoisotopic (exact) mass is 425 g/mol. The second-order valence-electron chi connectivity index (χ2n) is 7.00. The van der Waals surface area contributed by atoms with Crippen LogP contribution in [0.25, 0.3) is 0 Å². The summed E-state index contributed by atoms with van der Waals surface area (Å²) in [5, 5.41) is 17.9. The minimum absolute atomic E-state index is 0.473. The van der Waals surface area contributed by atoms with Gasteiger partial charge >= 0.3 is 0 Å². The Hall–Kier alpha value is -1.44. The lowest BCUT2D eigenvalue weighted by Gasteiger charge is -2.36. The lowest BCUT2D eigenvalue weighted by Crippen LogP contribution is -2.43. The summed E-state index contributed by atoms with van der Waals surface area (Å²) in [5.41, 5.74) is 1.36. The van der Waals surface area contributed by atoms with Crippen molar-refractivity contribution in [2.24, 2.45) is 0 Å². The van der Waals surface area contributed by atoms with Crippen molar-refractivity contribution in [3.05, 3.63) is 34.3 Å². The summed E-state index contributed by atoms with van der Waals surface area (Å²) in [6, 6.07) is 10.1. The van der Waals surface area contributed by atoms with Crippen LogP contribution in [0.4, 0.5) is 0 Å². The number of halogens is 1. The first-order valence-corrected chi connectivity index (χ1v) is 9.58. The largest absolute Gasteiger partial charge is 0.543 e. The van der Waals surface area contributed by atoms with Gasteiger partial charge in [0.05, 0.1) is 24.6 Å². The highest BCUT2D eigenvalue weighted by molar-refractivity contribution is 9.10. The molecule has 2 heterocycles. The summed E-state index contributed by atoms with van der Waals surface area (Å²) in [6.45, 7) is 3.10. The fourth-order valence-corrected chi connectivity index (χ4v) is 3.93. The summed E-state index contributed by atoms with van der Waals surface area (Å²) < 4.78 is 7.36. The quantitative estimate of drug-likeness (QED) is 0.658. The lowest BCUT2D eigenvalue weighted by atomic mass is 9.99. The number of carboxylic acids is 2. The maximum atomic E-state index is 8.93. The third kappa shape index (κ3) is 5.79. The van der Waals surface area contributed by atoms with Gasteiger partial charge in [0.25, 0.3) is 0 Å². The van der Waals surface area contributed by atoms with E-state index < -0.39 is 11.9 Å². The average Bonchev–Trinajstić information content (AvgIpc) is 2.82. The molecular formula is C19H24BrNO5-2. The van der Waals surface area contributed by atoms with E-state index in [0.717, 1.165) is 23.2 Å². The summed E-state index contributed by atoms with van der Waals surface area (Å²) in [4.78, 5) is 20.4. The Morgan fingerprint density at radius 3 is 2.12 bits per heavy atom. The third-order valence-corrected chi connectivity index (χ3v) is 5.77. The molecule has 0 radical (unpaired) electrons. The van der Waals surface area contributed by atoms with Crippen LogP contribution in [0.1, 0.15) is 44.1 Å². The second-order valence-corrected chi connectivity index (χ2v) is 7.92. The zero-order chi connectivity index (χ0) is 19.3. The average molecular weight is 426 g/mol. The molecule has 2 aliphatic heterocycles. The van der Waals surface area contributed by atoms with E-state index in [9.17, 15) is 0 Å². The van der Waals surface area contributed by atoms with E-state index in [4.69, 9.17) is 24.5 Å². The lowest BCUT2D eigenvalue weighted by molar-refractivity contribution is -0.345. The summed E-state index contributed by atoms with van der Waals surface area (Å²) in [5.74, 6) is -3.90. The summed E-state index contributed by atoms with van der Waals surface area (Å²) >= 11 is 3.49. The molecular weight excluding hydrogens is 402 g/mol. The van der Waals surface area contributed by atoms with E-state index >= 15 is 0 Å². The van der Waals surface area contributed by atoms with Crippen LogP contribution in [0.3, 0.4) is 0 Å². The highest BCUT2D eigenvalue weighted by atomic mass is 79.9. The molecule has 1 aromatic carbocycles. The van der Waals surface area contributed by atoms with Crippen molar-refractivity contribution in [3.63, 3.8) is 0 Å². The molecule has 0 spiro atoms. The predicted octanol–water partition coefficient (Wildman–Crippen LogP) is 0.681. The standard InChI is InChI=1S/C17H24BrNO.C2H2O4/c1-12(13-3-5-14(18)6-4-13)11-20-17-9-15-7-8-16(10-17)19(15)2;3-1(4)2(5)6/h3-6,12,15-17H,7-11H2,1-2H3;(H,3,4)(H,5,6)/p-2. The summed E-state index contributed by atoms with van der Waals surface area (Å²) in [6.07, 6.45) is 5.65. The van der Waals surface area contributed by atoms with E-state index in [0.29, 0.717) is 12.0 Å². The van der Waals surface area contributed by atoms with Gasteiger partial charge in [-0.15, -0.1) is 0 Å². The number of hydrogen-bond acceptors (Lipinski definition) is 6. The molecule has 0 N–H and O–H groups in total. The molecule has 2 aliphatic rings. The molecule has 6 nitrogen and oxygen atoms in total. The number of rotatable bonds is 4. The van der Waals surface area contributed by atoms with Crippen LogP contribution in [0.5, 0.6) is 0 Å². The van der Waals surface area contributed by atoms with Crippen LogP contribution in [0.2, 0.25) is 0 Å². The van der Waals surface area contributed by atoms with Crippen LogP contribution in [-0.4, -0.2) is 48.7 Å². The van der Waals surface area contributed by atoms with Gasteiger partial charge in [-0.3, -0.25) is 0 Å². The number of carbonyl (C=O) groups is 2. The molecule has 26 heavy (non-hydrogen) atoms. The first kappa shape index (κ1) is 20.9. The van der Waals surface area contributed by atoms with E-state index in [-0.39, 0.29) is 0 Å². The van der Waals surface area contributed by atoms with Crippen LogP contribution >= 0.6 is 15.9 Å². The van der Waals surface area contributed by atoms with Crippen molar-refractivity contribution < 1.29 is 24.5 Å².